The van der Waals surface area contributed by atoms with Gasteiger partial charge in [-0.05, 0) is 36.4 Å². The van der Waals surface area contributed by atoms with Crippen LogP contribution in [0.4, 0.5) is 22.7 Å². The number of nitriles is 2. The number of benzene rings is 3. The second kappa shape index (κ2) is 9.22. The highest BCUT2D eigenvalue weighted by atomic mass is 16.5. The summed E-state index contributed by atoms with van der Waals surface area (Å²) in [5, 5.41) is 26.1. The largest absolute Gasteiger partial charge is 0.497 e. The van der Waals surface area contributed by atoms with Crippen LogP contribution in [0.25, 0.3) is 0 Å². The van der Waals surface area contributed by atoms with Gasteiger partial charge in [0, 0.05) is 11.4 Å². The molecular formula is C23H20N4O3. The van der Waals surface area contributed by atoms with Crippen molar-refractivity contribution >= 4 is 22.7 Å². The Morgan fingerprint density at radius 2 is 1.10 bits per heavy atom. The number of para-hydroxylation sites is 1. The van der Waals surface area contributed by atoms with E-state index in [-0.39, 0.29) is 11.1 Å². The molecule has 0 atom stereocenters. The quantitative estimate of drug-likeness (QED) is 0.579. The van der Waals surface area contributed by atoms with Crippen molar-refractivity contribution in [2.24, 2.45) is 0 Å². The van der Waals surface area contributed by atoms with Crippen LogP contribution in [-0.4, -0.2) is 21.3 Å². The Hall–Kier alpha value is -4.36. The van der Waals surface area contributed by atoms with E-state index in [9.17, 15) is 10.5 Å². The monoisotopic (exact) mass is 400 g/mol. The summed E-state index contributed by atoms with van der Waals surface area (Å²) in [5.41, 5.74) is 2.44. The van der Waals surface area contributed by atoms with Crippen LogP contribution in [0.5, 0.6) is 17.2 Å². The molecule has 0 aromatic heterocycles. The second-order valence-corrected chi connectivity index (χ2v) is 6.13. The summed E-state index contributed by atoms with van der Waals surface area (Å²) in [6.45, 7) is 0. The summed E-state index contributed by atoms with van der Waals surface area (Å²) < 4.78 is 16.4. The predicted octanol–water partition coefficient (Wildman–Crippen LogP) is 4.94. The molecule has 30 heavy (non-hydrogen) atoms. The number of ether oxygens (including phenoxy) is 3. The van der Waals surface area contributed by atoms with Crippen LogP contribution < -0.4 is 24.8 Å². The molecule has 0 fully saturated rings. The Morgan fingerprint density at radius 1 is 0.633 bits per heavy atom. The zero-order valence-corrected chi connectivity index (χ0v) is 16.8. The third kappa shape index (κ3) is 3.91. The number of nitrogens with one attached hydrogen (secondary N) is 2. The van der Waals surface area contributed by atoms with E-state index in [0.717, 1.165) is 5.69 Å². The fourth-order valence-electron chi connectivity index (χ4n) is 3.04. The lowest BCUT2D eigenvalue weighted by molar-refractivity contribution is 0.357. The average Bonchev–Trinajstić information content (AvgIpc) is 2.80. The van der Waals surface area contributed by atoms with Gasteiger partial charge in [-0.15, -0.1) is 0 Å². The van der Waals surface area contributed by atoms with Crippen LogP contribution in [0.15, 0.2) is 54.6 Å². The fourth-order valence-corrected chi connectivity index (χ4v) is 3.04. The van der Waals surface area contributed by atoms with Crippen molar-refractivity contribution in [2.75, 3.05) is 32.0 Å². The van der Waals surface area contributed by atoms with Crippen molar-refractivity contribution in [1.29, 1.82) is 10.5 Å². The van der Waals surface area contributed by atoms with Crippen molar-refractivity contribution < 1.29 is 14.2 Å². The molecule has 0 aliphatic heterocycles. The van der Waals surface area contributed by atoms with Crippen molar-refractivity contribution in [1.82, 2.24) is 0 Å². The first-order valence-corrected chi connectivity index (χ1v) is 9.02. The lowest BCUT2D eigenvalue weighted by Gasteiger charge is -2.21. The lowest BCUT2D eigenvalue weighted by atomic mass is 10.0. The van der Waals surface area contributed by atoms with E-state index >= 15 is 0 Å². The van der Waals surface area contributed by atoms with Gasteiger partial charge < -0.3 is 24.8 Å². The summed E-state index contributed by atoms with van der Waals surface area (Å²) in [6.07, 6.45) is 0. The van der Waals surface area contributed by atoms with Gasteiger partial charge in [-0.2, -0.15) is 10.5 Å². The molecular weight excluding hydrogens is 380 g/mol. The number of methoxy groups -OCH3 is 3. The van der Waals surface area contributed by atoms with E-state index in [1.165, 1.54) is 14.2 Å². The molecule has 0 aliphatic carbocycles. The minimum absolute atomic E-state index is 0.143. The SMILES string of the molecule is COc1ccc(Nc2c(C#N)c(C#N)c(Nc3ccccc3)c(OC)c2OC)cc1. The molecule has 3 aromatic rings. The lowest BCUT2D eigenvalue weighted by Crippen LogP contribution is -2.07. The maximum absolute atomic E-state index is 9.88. The molecule has 0 radical (unpaired) electrons. The molecule has 0 saturated heterocycles. The van der Waals surface area contributed by atoms with Crippen LogP contribution in [0.3, 0.4) is 0 Å². The molecule has 2 N–H and O–H groups in total. The van der Waals surface area contributed by atoms with Gasteiger partial charge in [0.2, 0.25) is 0 Å². The molecule has 3 aromatic carbocycles. The molecule has 0 aliphatic rings. The molecule has 7 nitrogen and oxygen atoms in total. The Morgan fingerprint density at radius 3 is 1.50 bits per heavy atom. The summed E-state index contributed by atoms with van der Waals surface area (Å²) in [7, 11) is 4.55. The van der Waals surface area contributed by atoms with Crippen molar-refractivity contribution in [3.8, 4) is 29.4 Å². The first-order chi connectivity index (χ1) is 14.7. The van der Waals surface area contributed by atoms with Crippen LogP contribution in [-0.2, 0) is 0 Å². The Kier molecular flexibility index (Phi) is 6.26. The van der Waals surface area contributed by atoms with E-state index in [0.29, 0.717) is 34.3 Å². The number of nitrogens with zero attached hydrogens (tertiary/aromatic N) is 2. The molecule has 3 rings (SSSR count). The summed E-state index contributed by atoms with van der Waals surface area (Å²) in [5.74, 6) is 1.32. The predicted molar refractivity (Wildman–Crippen MR) is 115 cm³/mol. The first kappa shape index (κ1) is 20.4. The van der Waals surface area contributed by atoms with E-state index in [2.05, 4.69) is 22.8 Å². The van der Waals surface area contributed by atoms with Gasteiger partial charge >= 0.3 is 0 Å². The maximum Gasteiger partial charge on any atom is 0.188 e. The zero-order chi connectivity index (χ0) is 21.5. The molecule has 0 spiro atoms. The summed E-state index contributed by atoms with van der Waals surface area (Å²) >= 11 is 0. The number of hydrogen-bond donors (Lipinski definition) is 2. The molecule has 0 unspecified atom stereocenters. The van der Waals surface area contributed by atoms with Crippen molar-refractivity contribution in [3.63, 3.8) is 0 Å². The van der Waals surface area contributed by atoms with Gasteiger partial charge in [-0.3, -0.25) is 0 Å². The van der Waals surface area contributed by atoms with Gasteiger partial charge in [0.15, 0.2) is 11.5 Å². The van der Waals surface area contributed by atoms with Crippen molar-refractivity contribution in [2.45, 2.75) is 0 Å². The second-order valence-electron chi connectivity index (χ2n) is 6.13. The van der Waals surface area contributed by atoms with E-state index in [1.807, 2.05) is 30.3 Å². The van der Waals surface area contributed by atoms with Crippen LogP contribution in [0.2, 0.25) is 0 Å². The normalized spacial score (nSPS) is 9.77. The Bertz CT molecular complexity index is 1110. The summed E-state index contributed by atoms with van der Waals surface area (Å²) in [4.78, 5) is 0. The maximum atomic E-state index is 9.88. The van der Waals surface area contributed by atoms with Crippen LogP contribution in [0.1, 0.15) is 11.1 Å². The minimum Gasteiger partial charge on any atom is -0.497 e. The third-order valence-corrected chi connectivity index (χ3v) is 4.44. The van der Waals surface area contributed by atoms with Gasteiger partial charge in [0.1, 0.15) is 29.3 Å². The molecule has 7 heteroatoms. The Balaban J connectivity index is 2.19. The highest BCUT2D eigenvalue weighted by Gasteiger charge is 2.26. The smallest absolute Gasteiger partial charge is 0.188 e. The first-order valence-electron chi connectivity index (χ1n) is 9.02. The number of hydrogen-bond acceptors (Lipinski definition) is 7. The molecule has 0 bridgehead atoms. The molecule has 150 valence electrons. The fraction of sp³-hybridized carbons (Fsp3) is 0.130. The average molecular weight is 400 g/mol. The van der Waals surface area contributed by atoms with Crippen LogP contribution in [0, 0.1) is 22.7 Å². The summed E-state index contributed by atoms with van der Waals surface area (Å²) in [6, 6.07) is 20.7. The van der Waals surface area contributed by atoms with Gasteiger partial charge in [0.05, 0.1) is 32.5 Å². The Labute approximate surface area is 175 Å². The van der Waals surface area contributed by atoms with Gasteiger partial charge in [0.25, 0.3) is 0 Å². The molecule has 0 amide bonds. The zero-order valence-electron chi connectivity index (χ0n) is 16.8. The van der Waals surface area contributed by atoms with Gasteiger partial charge in [-0.25, -0.2) is 0 Å². The number of anilines is 4. The van der Waals surface area contributed by atoms with E-state index in [1.54, 1.807) is 31.4 Å². The van der Waals surface area contributed by atoms with Gasteiger partial charge in [-0.1, -0.05) is 18.2 Å². The van der Waals surface area contributed by atoms with Crippen molar-refractivity contribution in [3.05, 3.63) is 65.7 Å². The standard InChI is InChI=1S/C23H20N4O3/c1-28-17-11-9-16(10-12-17)27-21-19(14-25)18(13-24)20(22(29-2)23(21)30-3)26-15-7-5-4-6-8-15/h4-12,26-27H,1-3H3. The number of rotatable bonds is 7. The molecule has 0 heterocycles. The highest BCUT2D eigenvalue weighted by Crippen LogP contribution is 2.48. The topological polar surface area (TPSA) is 99.3 Å². The van der Waals surface area contributed by atoms with Crippen LogP contribution >= 0.6 is 0 Å². The molecule has 0 saturated carbocycles. The minimum atomic E-state index is 0.143. The third-order valence-electron chi connectivity index (χ3n) is 4.44. The van der Waals surface area contributed by atoms with E-state index in [4.69, 9.17) is 14.2 Å². The highest BCUT2D eigenvalue weighted by molar-refractivity contribution is 5.89. The van der Waals surface area contributed by atoms with E-state index < -0.39 is 0 Å².